The highest BCUT2D eigenvalue weighted by atomic mass is 35.5. The smallest absolute Gasteiger partial charge is 0.0850 e. The van der Waals surface area contributed by atoms with Crippen LogP contribution in [0.15, 0.2) is 18.2 Å². The van der Waals surface area contributed by atoms with Crippen LogP contribution in [0.1, 0.15) is 30.7 Å². The van der Waals surface area contributed by atoms with Gasteiger partial charge in [-0.15, -0.1) is 0 Å². The first-order valence-corrected chi connectivity index (χ1v) is 7.26. The van der Waals surface area contributed by atoms with Crippen molar-refractivity contribution < 1.29 is 5.11 Å². The number of pyridine rings is 1. The number of benzene rings is 1. The van der Waals surface area contributed by atoms with Crippen LogP contribution >= 0.6 is 11.6 Å². The van der Waals surface area contributed by atoms with Gasteiger partial charge in [-0.25, -0.2) is 0 Å². The molecule has 0 amide bonds. The Bertz CT molecular complexity index is 676. The molecular weight excluding hydrogens is 272 g/mol. The predicted molar refractivity (Wildman–Crippen MR) is 82.0 cm³/mol. The van der Waals surface area contributed by atoms with Crippen LogP contribution in [0.2, 0.25) is 5.02 Å². The molecule has 0 unspecified atom stereocenters. The molecule has 106 valence electrons. The van der Waals surface area contributed by atoms with Gasteiger partial charge in [0.1, 0.15) is 0 Å². The SMILES string of the molecule is CN1CCc2nc3ccc(Cl)cc3c(C(C)(C)O)c2C1. The molecule has 2 heterocycles. The van der Waals surface area contributed by atoms with Gasteiger partial charge in [-0.2, -0.15) is 0 Å². The number of rotatable bonds is 1. The molecule has 1 aliphatic heterocycles. The van der Waals surface area contributed by atoms with Gasteiger partial charge in [0.05, 0.1) is 11.1 Å². The molecule has 1 N–H and O–H groups in total. The summed E-state index contributed by atoms with van der Waals surface area (Å²) in [6, 6.07) is 5.70. The van der Waals surface area contributed by atoms with E-state index in [4.69, 9.17) is 16.6 Å². The van der Waals surface area contributed by atoms with Gasteiger partial charge in [0.25, 0.3) is 0 Å². The maximum atomic E-state index is 10.6. The second-order valence-corrected chi connectivity index (χ2v) is 6.56. The van der Waals surface area contributed by atoms with Crippen LogP contribution in [0.4, 0.5) is 0 Å². The maximum absolute atomic E-state index is 10.6. The predicted octanol–water partition coefficient (Wildman–Crippen LogP) is 3.10. The molecule has 1 aromatic heterocycles. The Labute approximate surface area is 124 Å². The molecule has 4 heteroatoms. The zero-order valence-corrected chi connectivity index (χ0v) is 12.8. The summed E-state index contributed by atoms with van der Waals surface area (Å²) in [4.78, 5) is 7.03. The van der Waals surface area contributed by atoms with Gasteiger partial charge < -0.3 is 10.0 Å². The van der Waals surface area contributed by atoms with E-state index in [9.17, 15) is 5.11 Å². The molecule has 0 bridgehead atoms. The number of nitrogens with zero attached hydrogens (tertiary/aromatic N) is 2. The van der Waals surface area contributed by atoms with E-state index in [2.05, 4.69) is 11.9 Å². The minimum atomic E-state index is -0.909. The fourth-order valence-electron chi connectivity index (χ4n) is 3.05. The Balaban J connectivity index is 2.38. The third-order valence-electron chi connectivity index (χ3n) is 3.90. The highest BCUT2D eigenvalue weighted by Crippen LogP contribution is 2.35. The minimum absolute atomic E-state index is 0.675. The van der Waals surface area contributed by atoms with Crippen molar-refractivity contribution in [1.29, 1.82) is 0 Å². The van der Waals surface area contributed by atoms with Gasteiger partial charge >= 0.3 is 0 Å². The number of fused-ring (bicyclic) bond motifs is 2. The number of halogens is 1. The van der Waals surface area contributed by atoms with Crippen LogP contribution in [0.5, 0.6) is 0 Å². The van der Waals surface area contributed by atoms with Crippen molar-refractivity contribution in [3.63, 3.8) is 0 Å². The summed E-state index contributed by atoms with van der Waals surface area (Å²) in [5, 5.41) is 12.3. The van der Waals surface area contributed by atoms with Crippen molar-refractivity contribution in [3.05, 3.63) is 40.0 Å². The fraction of sp³-hybridized carbons (Fsp3) is 0.438. The van der Waals surface area contributed by atoms with E-state index in [1.54, 1.807) is 0 Å². The molecule has 3 rings (SSSR count). The Morgan fingerprint density at radius 2 is 2.10 bits per heavy atom. The van der Waals surface area contributed by atoms with Gasteiger partial charge in [0.2, 0.25) is 0 Å². The Morgan fingerprint density at radius 1 is 1.35 bits per heavy atom. The van der Waals surface area contributed by atoms with Crippen molar-refractivity contribution in [2.45, 2.75) is 32.4 Å². The van der Waals surface area contributed by atoms with E-state index in [1.165, 1.54) is 0 Å². The maximum Gasteiger partial charge on any atom is 0.0850 e. The monoisotopic (exact) mass is 290 g/mol. The lowest BCUT2D eigenvalue weighted by molar-refractivity contribution is 0.0778. The van der Waals surface area contributed by atoms with E-state index in [1.807, 2.05) is 32.0 Å². The summed E-state index contributed by atoms with van der Waals surface area (Å²) in [6.45, 7) is 5.49. The number of likely N-dealkylation sites (N-methyl/N-ethyl adjacent to an activating group) is 1. The van der Waals surface area contributed by atoms with E-state index in [0.717, 1.165) is 47.2 Å². The minimum Gasteiger partial charge on any atom is -0.386 e. The molecule has 0 fully saturated rings. The molecule has 0 spiro atoms. The van der Waals surface area contributed by atoms with Crippen molar-refractivity contribution in [1.82, 2.24) is 9.88 Å². The topological polar surface area (TPSA) is 36.4 Å². The summed E-state index contributed by atoms with van der Waals surface area (Å²) in [6.07, 6.45) is 0.924. The van der Waals surface area contributed by atoms with Crippen LogP contribution in [0, 0.1) is 0 Å². The first-order chi connectivity index (χ1) is 9.36. The van der Waals surface area contributed by atoms with Crippen molar-refractivity contribution in [2.24, 2.45) is 0 Å². The first-order valence-electron chi connectivity index (χ1n) is 6.88. The quantitative estimate of drug-likeness (QED) is 0.877. The lowest BCUT2D eigenvalue weighted by Crippen LogP contribution is -2.31. The summed E-state index contributed by atoms with van der Waals surface area (Å²) in [5.74, 6) is 0. The van der Waals surface area contributed by atoms with Gasteiger partial charge in [-0.3, -0.25) is 4.98 Å². The van der Waals surface area contributed by atoms with Crippen LogP contribution in [0.25, 0.3) is 10.9 Å². The van der Waals surface area contributed by atoms with Gasteiger partial charge in [0, 0.05) is 35.6 Å². The zero-order chi connectivity index (χ0) is 14.5. The summed E-state index contributed by atoms with van der Waals surface area (Å²) >= 11 is 6.13. The van der Waals surface area contributed by atoms with E-state index in [0.29, 0.717) is 5.02 Å². The lowest BCUT2D eigenvalue weighted by Gasteiger charge is -2.31. The highest BCUT2D eigenvalue weighted by Gasteiger charge is 2.28. The average molecular weight is 291 g/mol. The second-order valence-electron chi connectivity index (χ2n) is 6.12. The molecular formula is C16H19ClN2O. The third kappa shape index (κ3) is 2.30. The third-order valence-corrected chi connectivity index (χ3v) is 4.14. The first kappa shape index (κ1) is 13.8. The molecule has 2 aromatic rings. The van der Waals surface area contributed by atoms with Crippen molar-refractivity contribution in [3.8, 4) is 0 Å². The van der Waals surface area contributed by atoms with E-state index >= 15 is 0 Å². The van der Waals surface area contributed by atoms with Gasteiger partial charge in [-0.1, -0.05) is 11.6 Å². The number of aliphatic hydroxyl groups is 1. The number of aromatic nitrogens is 1. The highest BCUT2D eigenvalue weighted by molar-refractivity contribution is 6.31. The van der Waals surface area contributed by atoms with Gasteiger partial charge in [0.15, 0.2) is 0 Å². The van der Waals surface area contributed by atoms with Crippen LogP contribution in [-0.4, -0.2) is 28.6 Å². The molecule has 1 aromatic carbocycles. The van der Waals surface area contributed by atoms with Crippen molar-refractivity contribution >= 4 is 22.5 Å². The Kier molecular flexibility index (Phi) is 3.24. The Morgan fingerprint density at radius 3 is 2.80 bits per heavy atom. The fourth-order valence-corrected chi connectivity index (χ4v) is 3.22. The number of hydrogen-bond acceptors (Lipinski definition) is 3. The molecule has 0 saturated carbocycles. The normalized spacial score (nSPS) is 16.4. The molecule has 1 aliphatic rings. The standard InChI is InChI=1S/C16H19ClN2O/c1-16(2,20)15-11-8-10(17)4-5-13(11)18-14-6-7-19(3)9-12(14)15/h4-5,8,20H,6-7,9H2,1-3H3. The molecule has 0 radical (unpaired) electrons. The lowest BCUT2D eigenvalue weighted by atomic mass is 9.86. The molecule has 0 saturated heterocycles. The number of hydrogen-bond donors (Lipinski definition) is 1. The molecule has 20 heavy (non-hydrogen) atoms. The van der Waals surface area contributed by atoms with Crippen LogP contribution in [0.3, 0.4) is 0 Å². The summed E-state index contributed by atoms with van der Waals surface area (Å²) in [5.41, 5.74) is 3.23. The summed E-state index contributed by atoms with van der Waals surface area (Å²) < 4.78 is 0. The van der Waals surface area contributed by atoms with Crippen molar-refractivity contribution in [2.75, 3.05) is 13.6 Å². The van der Waals surface area contributed by atoms with E-state index in [-0.39, 0.29) is 0 Å². The molecule has 0 atom stereocenters. The summed E-state index contributed by atoms with van der Waals surface area (Å²) in [7, 11) is 2.10. The van der Waals surface area contributed by atoms with E-state index < -0.39 is 5.60 Å². The zero-order valence-electron chi connectivity index (χ0n) is 12.1. The molecule has 0 aliphatic carbocycles. The second kappa shape index (κ2) is 4.69. The Hall–Kier alpha value is -1.16. The average Bonchev–Trinajstić information content (AvgIpc) is 2.34. The van der Waals surface area contributed by atoms with Crippen LogP contribution in [-0.2, 0) is 18.6 Å². The van der Waals surface area contributed by atoms with Crippen LogP contribution < -0.4 is 0 Å². The largest absolute Gasteiger partial charge is 0.386 e. The van der Waals surface area contributed by atoms with Gasteiger partial charge in [-0.05, 0) is 50.2 Å². The molecule has 3 nitrogen and oxygen atoms in total.